The molecule has 0 spiro atoms. The SMILES string of the molecule is COCC(=O)Nc1c(F)ccc(NC(=O)c2cc(NC(=O)C3CC3(Cl)Cl)ccc2Cl)c1F. The quantitative estimate of drug-likeness (QED) is 0.479. The number of rotatable bonds is 7. The lowest BCUT2D eigenvalue weighted by atomic mass is 10.1. The van der Waals surface area contributed by atoms with Crippen LogP contribution in [-0.4, -0.2) is 35.8 Å². The highest BCUT2D eigenvalue weighted by molar-refractivity contribution is 6.52. The van der Waals surface area contributed by atoms with E-state index in [0.717, 1.165) is 12.1 Å². The van der Waals surface area contributed by atoms with Crippen molar-refractivity contribution in [1.29, 1.82) is 0 Å². The Morgan fingerprint density at radius 1 is 1.12 bits per heavy atom. The highest BCUT2D eigenvalue weighted by Gasteiger charge is 2.56. The molecule has 0 heterocycles. The van der Waals surface area contributed by atoms with E-state index in [1.807, 2.05) is 5.32 Å². The summed E-state index contributed by atoms with van der Waals surface area (Å²) in [6.45, 7) is -0.418. The van der Waals surface area contributed by atoms with Crippen molar-refractivity contribution >= 4 is 69.6 Å². The highest BCUT2D eigenvalue weighted by atomic mass is 35.5. The van der Waals surface area contributed by atoms with E-state index < -0.39 is 57.6 Å². The molecule has 170 valence electrons. The van der Waals surface area contributed by atoms with E-state index in [4.69, 9.17) is 34.8 Å². The first-order valence-electron chi connectivity index (χ1n) is 9.10. The molecule has 1 aliphatic rings. The van der Waals surface area contributed by atoms with Crippen molar-refractivity contribution in [2.45, 2.75) is 10.8 Å². The molecule has 0 bridgehead atoms. The molecule has 12 heteroatoms. The second kappa shape index (κ2) is 9.58. The molecule has 3 amide bonds. The first-order valence-corrected chi connectivity index (χ1v) is 10.2. The van der Waals surface area contributed by atoms with Crippen molar-refractivity contribution in [1.82, 2.24) is 0 Å². The van der Waals surface area contributed by atoms with Gasteiger partial charge in [-0.1, -0.05) is 11.6 Å². The van der Waals surface area contributed by atoms with Crippen LogP contribution in [0.2, 0.25) is 5.02 Å². The Bertz CT molecular complexity index is 1100. The van der Waals surface area contributed by atoms with Gasteiger partial charge in [-0.3, -0.25) is 14.4 Å². The van der Waals surface area contributed by atoms with Crippen LogP contribution in [0.15, 0.2) is 30.3 Å². The van der Waals surface area contributed by atoms with Gasteiger partial charge in [0.25, 0.3) is 11.8 Å². The molecular formula is C20H16Cl3F2N3O4. The molecule has 1 unspecified atom stereocenters. The molecule has 7 nitrogen and oxygen atoms in total. The summed E-state index contributed by atoms with van der Waals surface area (Å²) in [5.74, 6) is -4.86. The van der Waals surface area contributed by atoms with Gasteiger partial charge in [0.2, 0.25) is 5.91 Å². The maximum Gasteiger partial charge on any atom is 0.257 e. The number of anilines is 3. The van der Waals surface area contributed by atoms with Crippen molar-refractivity contribution < 1.29 is 27.9 Å². The van der Waals surface area contributed by atoms with E-state index in [0.29, 0.717) is 6.42 Å². The van der Waals surface area contributed by atoms with E-state index in [1.54, 1.807) is 0 Å². The minimum absolute atomic E-state index is 0.0205. The minimum Gasteiger partial charge on any atom is -0.375 e. The van der Waals surface area contributed by atoms with Gasteiger partial charge < -0.3 is 20.7 Å². The fourth-order valence-electron chi connectivity index (χ4n) is 2.76. The average molecular weight is 507 g/mol. The fourth-order valence-corrected chi connectivity index (χ4v) is 3.47. The first-order chi connectivity index (χ1) is 15.0. The van der Waals surface area contributed by atoms with Gasteiger partial charge in [-0.15, -0.1) is 23.2 Å². The minimum atomic E-state index is -1.20. The smallest absolute Gasteiger partial charge is 0.257 e. The molecule has 32 heavy (non-hydrogen) atoms. The summed E-state index contributed by atoms with van der Waals surface area (Å²) < 4.78 is 32.2. The van der Waals surface area contributed by atoms with Crippen LogP contribution in [0.1, 0.15) is 16.8 Å². The Morgan fingerprint density at radius 2 is 1.81 bits per heavy atom. The van der Waals surface area contributed by atoms with E-state index in [2.05, 4.69) is 15.4 Å². The number of ether oxygens (including phenoxy) is 1. The number of methoxy groups -OCH3 is 1. The number of alkyl halides is 2. The number of halogens is 5. The summed E-state index contributed by atoms with van der Waals surface area (Å²) in [6.07, 6.45) is 0.302. The van der Waals surface area contributed by atoms with E-state index in [-0.39, 0.29) is 16.3 Å². The predicted molar refractivity (Wildman–Crippen MR) is 117 cm³/mol. The van der Waals surface area contributed by atoms with Gasteiger partial charge in [0.1, 0.15) is 22.4 Å². The van der Waals surface area contributed by atoms with Crippen molar-refractivity contribution in [2.24, 2.45) is 5.92 Å². The number of carbonyl (C=O) groups is 3. The number of carbonyl (C=O) groups excluding carboxylic acids is 3. The van der Waals surface area contributed by atoms with Crippen molar-refractivity contribution in [3.8, 4) is 0 Å². The van der Waals surface area contributed by atoms with E-state index >= 15 is 0 Å². The van der Waals surface area contributed by atoms with Crippen LogP contribution in [-0.2, 0) is 14.3 Å². The molecule has 1 aliphatic carbocycles. The molecule has 2 aromatic carbocycles. The number of amides is 3. The lowest BCUT2D eigenvalue weighted by Crippen LogP contribution is -2.20. The van der Waals surface area contributed by atoms with Gasteiger partial charge >= 0.3 is 0 Å². The second-order valence-electron chi connectivity index (χ2n) is 6.92. The Hall–Kier alpha value is -2.46. The van der Waals surface area contributed by atoms with Gasteiger partial charge in [0.05, 0.1) is 22.2 Å². The van der Waals surface area contributed by atoms with Crippen LogP contribution in [0.5, 0.6) is 0 Å². The van der Waals surface area contributed by atoms with Crippen LogP contribution < -0.4 is 16.0 Å². The molecule has 1 fully saturated rings. The lowest BCUT2D eigenvalue weighted by molar-refractivity contribution is -0.119. The molecule has 3 N–H and O–H groups in total. The van der Waals surface area contributed by atoms with Gasteiger partial charge in [0.15, 0.2) is 5.82 Å². The van der Waals surface area contributed by atoms with Crippen LogP contribution in [0.25, 0.3) is 0 Å². The average Bonchev–Trinajstić information content (AvgIpc) is 3.37. The molecule has 0 saturated heterocycles. The molecule has 1 atom stereocenters. The summed E-state index contributed by atoms with van der Waals surface area (Å²) in [5, 5.41) is 6.90. The zero-order valence-corrected chi connectivity index (χ0v) is 18.7. The third-order valence-electron chi connectivity index (χ3n) is 4.50. The summed E-state index contributed by atoms with van der Waals surface area (Å²) in [4.78, 5) is 36.4. The highest BCUT2D eigenvalue weighted by Crippen LogP contribution is 2.53. The van der Waals surface area contributed by atoms with Crippen LogP contribution in [0.3, 0.4) is 0 Å². The third kappa shape index (κ3) is 5.47. The second-order valence-corrected chi connectivity index (χ2v) is 8.87. The van der Waals surface area contributed by atoms with Gasteiger partial charge in [0, 0.05) is 12.8 Å². The van der Waals surface area contributed by atoms with Crippen LogP contribution in [0, 0.1) is 17.6 Å². The lowest BCUT2D eigenvalue weighted by Gasteiger charge is -2.13. The Balaban J connectivity index is 1.78. The standard InChI is InChI=1S/C20H16Cl3F2N3O4/c1-32-8-15(29)28-17-13(24)4-5-14(16(17)25)27-18(30)10-6-9(2-3-12(10)21)26-19(31)11-7-20(11,22)23/h2-6,11H,7-8H2,1H3,(H,26,31)(H,27,30)(H,28,29). The third-order valence-corrected chi connectivity index (χ3v) is 5.67. The Kier molecular flexibility index (Phi) is 7.24. The molecule has 3 rings (SSSR count). The van der Waals surface area contributed by atoms with Gasteiger partial charge in [-0.05, 0) is 36.8 Å². The van der Waals surface area contributed by atoms with Crippen molar-refractivity contribution in [2.75, 3.05) is 29.7 Å². The summed E-state index contributed by atoms with van der Waals surface area (Å²) in [6, 6.07) is 5.97. The Morgan fingerprint density at radius 3 is 2.44 bits per heavy atom. The van der Waals surface area contributed by atoms with E-state index in [9.17, 15) is 23.2 Å². The summed E-state index contributed by atoms with van der Waals surface area (Å²) in [7, 11) is 1.25. The molecule has 0 aliphatic heterocycles. The zero-order valence-electron chi connectivity index (χ0n) is 16.4. The van der Waals surface area contributed by atoms with Gasteiger partial charge in [-0.2, -0.15) is 0 Å². The monoisotopic (exact) mass is 505 g/mol. The molecule has 2 aromatic rings. The number of hydrogen-bond acceptors (Lipinski definition) is 4. The normalized spacial score (nSPS) is 16.2. The fraction of sp³-hybridized carbons (Fsp3) is 0.250. The van der Waals surface area contributed by atoms with Crippen molar-refractivity contribution in [3.63, 3.8) is 0 Å². The zero-order chi connectivity index (χ0) is 23.6. The van der Waals surface area contributed by atoms with Crippen LogP contribution in [0.4, 0.5) is 25.8 Å². The number of nitrogens with one attached hydrogen (secondary N) is 3. The largest absolute Gasteiger partial charge is 0.375 e. The topological polar surface area (TPSA) is 96.5 Å². The molecular weight excluding hydrogens is 491 g/mol. The van der Waals surface area contributed by atoms with E-state index in [1.165, 1.54) is 25.3 Å². The summed E-state index contributed by atoms with van der Waals surface area (Å²) in [5.41, 5.74) is -0.988. The predicted octanol–water partition coefficient (Wildman–Crippen LogP) is 4.59. The first kappa shape index (κ1) is 24.2. The molecule has 0 radical (unpaired) electrons. The maximum atomic E-state index is 14.7. The number of hydrogen-bond donors (Lipinski definition) is 3. The number of benzene rings is 2. The van der Waals surface area contributed by atoms with Crippen LogP contribution >= 0.6 is 34.8 Å². The van der Waals surface area contributed by atoms with Crippen molar-refractivity contribution in [3.05, 3.63) is 52.6 Å². The molecule has 1 saturated carbocycles. The maximum absolute atomic E-state index is 14.7. The summed E-state index contributed by atoms with van der Waals surface area (Å²) >= 11 is 17.8. The van der Waals surface area contributed by atoms with Gasteiger partial charge in [-0.25, -0.2) is 8.78 Å². The Labute approximate surface area is 196 Å². The molecule has 0 aromatic heterocycles.